The Morgan fingerprint density at radius 2 is 1.75 bits per heavy atom. The molecule has 10 nitrogen and oxygen atoms in total. The van der Waals surface area contributed by atoms with E-state index in [-0.39, 0.29) is 49.7 Å². The molecular weight excluding hydrogens is 823 g/mol. The van der Waals surface area contributed by atoms with E-state index in [2.05, 4.69) is 46.9 Å². The molecule has 0 fully saturated rings. The van der Waals surface area contributed by atoms with E-state index < -0.39 is 33.7 Å². The minimum Gasteiger partial charge on any atom is -0.454 e. The Morgan fingerprint density at radius 1 is 0.964 bits per heavy atom. The summed E-state index contributed by atoms with van der Waals surface area (Å²) in [7, 11) is -2.38. The zero-order valence-corrected chi connectivity index (χ0v) is 34.2. The quantitative estimate of drug-likeness (QED) is 0.104. The summed E-state index contributed by atoms with van der Waals surface area (Å²) in [5.41, 5.74) is 1.51. The van der Waals surface area contributed by atoms with Gasteiger partial charge in [0.05, 0.1) is 34.2 Å². The highest BCUT2D eigenvalue weighted by Gasteiger charge is 2.35. The summed E-state index contributed by atoms with van der Waals surface area (Å²) in [5.74, 6) is 0.643. The molecule has 290 valence electrons. The van der Waals surface area contributed by atoms with Crippen LogP contribution in [0.4, 0.5) is 8.78 Å². The van der Waals surface area contributed by atoms with E-state index in [0.29, 0.717) is 12.2 Å². The van der Waals surface area contributed by atoms with E-state index in [1.54, 1.807) is 25.2 Å². The van der Waals surface area contributed by atoms with Crippen molar-refractivity contribution in [3.8, 4) is 22.9 Å². The highest BCUT2D eigenvalue weighted by atomic mass is 79.9. The standard InChI is InChI=1S/C41H39BrF2N6O4S2/c1-40(2,27-22-45-46-23-27)25-55-18-16-41(3,26-9-8-10-28(42)19-26)39-47-38(49(4)48-39)32-20-29(13-14-34(32)43)54-37-33(24-51)31-15-17-50(36(31)21-35(37)44)56(52,53)30-11-6-5-7-12-30/h5-15,17,19-23,51H,16,18,24-25H2,1-4H3,(H,45,46). The van der Waals surface area contributed by atoms with Crippen LogP contribution >= 0.6 is 27.7 Å². The zero-order chi connectivity index (χ0) is 39.8. The minimum atomic E-state index is -4.07. The Labute approximate surface area is 336 Å². The number of benzene rings is 4. The molecule has 0 saturated heterocycles. The molecule has 0 spiro atoms. The number of thioether (sulfide) groups is 1. The zero-order valence-electron chi connectivity index (χ0n) is 31.0. The number of fused-ring (bicyclic) bond motifs is 1. The number of aromatic nitrogens is 6. The van der Waals surface area contributed by atoms with Crippen molar-refractivity contribution in [3.63, 3.8) is 0 Å². The van der Waals surface area contributed by atoms with Crippen LogP contribution in [0, 0.1) is 11.6 Å². The number of hydrogen-bond acceptors (Lipinski definition) is 8. The molecule has 7 rings (SSSR count). The van der Waals surface area contributed by atoms with Crippen molar-refractivity contribution in [2.24, 2.45) is 7.05 Å². The molecule has 0 aliphatic carbocycles. The van der Waals surface area contributed by atoms with Crippen LogP contribution in [0.3, 0.4) is 0 Å². The minimum absolute atomic E-state index is 0.0239. The van der Waals surface area contributed by atoms with Crippen molar-refractivity contribution in [1.82, 2.24) is 28.9 Å². The maximum Gasteiger partial charge on any atom is 0.268 e. The van der Waals surface area contributed by atoms with Crippen LogP contribution in [0.15, 0.2) is 113 Å². The lowest BCUT2D eigenvalue weighted by Crippen LogP contribution is -2.27. The molecule has 4 aromatic carbocycles. The molecule has 0 saturated carbocycles. The Hall–Kier alpha value is -4.83. The van der Waals surface area contributed by atoms with Gasteiger partial charge in [-0.3, -0.25) is 5.10 Å². The number of aliphatic hydroxyl groups excluding tert-OH is 1. The summed E-state index contributed by atoms with van der Waals surface area (Å²) in [4.78, 5) is 4.95. The number of rotatable bonds is 14. The Morgan fingerprint density at radius 3 is 2.46 bits per heavy atom. The summed E-state index contributed by atoms with van der Waals surface area (Å²) >= 11 is 5.44. The normalized spacial score (nSPS) is 13.3. The first-order chi connectivity index (χ1) is 26.7. The summed E-state index contributed by atoms with van der Waals surface area (Å²) < 4.78 is 67.8. The SMILES string of the molecule is Cn1nc(C(C)(CCSCC(C)(C)c2cn[nH]c2)c2cccc(Br)c2)nc1-c1cc(Oc2c(F)cc3c(ccn3S(=O)(=O)c3ccccc3)c2CO)ccc1F. The van der Waals surface area contributed by atoms with Crippen LogP contribution in [-0.4, -0.2) is 54.0 Å². The molecule has 0 amide bonds. The van der Waals surface area contributed by atoms with Gasteiger partial charge in [0, 0.05) is 52.1 Å². The molecule has 1 unspecified atom stereocenters. The van der Waals surface area contributed by atoms with E-state index in [1.807, 2.05) is 48.4 Å². The van der Waals surface area contributed by atoms with Crippen LogP contribution in [0.2, 0.25) is 0 Å². The summed E-state index contributed by atoms with van der Waals surface area (Å²) in [5, 5.41) is 22.5. The molecule has 1 atom stereocenters. The van der Waals surface area contributed by atoms with Gasteiger partial charge in [-0.25, -0.2) is 30.8 Å². The van der Waals surface area contributed by atoms with Crippen LogP contribution in [0.5, 0.6) is 11.5 Å². The maximum absolute atomic E-state index is 15.9. The van der Waals surface area contributed by atoms with Crippen molar-refractivity contribution in [2.75, 3.05) is 11.5 Å². The molecule has 3 aromatic heterocycles. The lowest BCUT2D eigenvalue weighted by molar-refractivity contribution is 0.276. The Bertz CT molecular complexity index is 2630. The molecule has 0 aliphatic heterocycles. The number of aromatic amines is 1. The van der Waals surface area contributed by atoms with Gasteiger partial charge in [0.2, 0.25) is 0 Å². The molecule has 15 heteroatoms. The number of nitrogens with zero attached hydrogens (tertiary/aromatic N) is 5. The third-order valence-corrected chi connectivity index (χ3v) is 13.6. The van der Waals surface area contributed by atoms with Gasteiger partial charge < -0.3 is 9.84 Å². The molecule has 2 N–H and O–H groups in total. The predicted molar refractivity (Wildman–Crippen MR) is 217 cm³/mol. The second-order valence-electron chi connectivity index (χ2n) is 14.3. The Balaban J connectivity index is 1.20. The predicted octanol–water partition coefficient (Wildman–Crippen LogP) is 9.13. The van der Waals surface area contributed by atoms with Gasteiger partial charge in [0.1, 0.15) is 11.6 Å². The monoisotopic (exact) mass is 860 g/mol. The summed E-state index contributed by atoms with van der Waals surface area (Å²) in [6.45, 7) is 5.79. The fraction of sp³-hybridized carbons (Fsp3) is 0.244. The smallest absolute Gasteiger partial charge is 0.268 e. The Kier molecular flexibility index (Phi) is 11.0. The second-order valence-corrected chi connectivity index (χ2v) is 18.2. The maximum atomic E-state index is 15.9. The third-order valence-electron chi connectivity index (χ3n) is 10.0. The number of H-pyrrole nitrogens is 1. The van der Waals surface area contributed by atoms with E-state index >= 15 is 8.78 Å². The van der Waals surface area contributed by atoms with Crippen LogP contribution in [-0.2, 0) is 34.5 Å². The number of aryl methyl sites for hydroxylation is 1. The van der Waals surface area contributed by atoms with Gasteiger partial charge in [0.25, 0.3) is 10.0 Å². The van der Waals surface area contributed by atoms with Crippen molar-refractivity contribution in [3.05, 3.63) is 142 Å². The molecule has 56 heavy (non-hydrogen) atoms. The third kappa shape index (κ3) is 7.52. The molecule has 0 bridgehead atoms. The molecular formula is C41H39BrF2N6O4S2. The lowest BCUT2D eigenvalue weighted by Gasteiger charge is -2.28. The van der Waals surface area contributed by atoms with Crippen LogP contribution < -0.4 is 4.74 Å². The molecule has 0 radical (unpaired) electrons. The average Bonchev–Trinajstić information content (AvgIpc) is 3.96. The topological polar surface area (TPSA) is 128 Å². The van der Waals surface area contributed by atoms with Gasteiger partial charge >= 0.3 is 0 Å². The summed E-state index contributed by atoms with van der Waals surface area (Å²) in [6, 6.07) is 22.2. The van der Waals surface area contributed by atoms with E-state index in [9.17, 15) is 13.5 Å². The second kappa shape index (κ2) is 15.6. The van der Waals surface area contributed by atoms with Crippen LogP contribution in [0.25, 0.3) is 22.3 Å². The number of halogens is 3. The fourth-order valence-electron chi connectivity index (χ4n) is 6.69. The van der Waals surface area contributed by atoms with Gasteiger partial charge in [-0.15, -0.1) is 0 Å². The number of nitrogens with one attached hydrogen (secondary N) is 1. The first-order valence-corrected chi connectivity index (χ1v) is 21.1. The number of hydrogen-bond donors (Lipinski definition) is 2. The van der Waals surface area contributed by atoms with Crippen molar-refractivity contribution in [2.45, 2.75) is 49.5 Å². The first kappa shape index (κ1) is 39.4. The fourth-order valence-corrected chi connectivity index (χ4v) is 9.83. The van der Waals surface area contributed by atoms with E-state index in [1.165, 1.54) is 47.3 Å². The lowest BCUT2D eigenvalue weighted by atomic mass is 9.79. The average molecular weight is 862 g/mol. The largest absolute Gasteiger partial charge is 0.454 e. The molecule has 0 aliphatic rings. The van der Waals surface area contributed by atoms with Gasteiger partial charge in [-0.1, -0.05) is 60.1 Å². The van der Waals surface area contributed by atoms with Crippen LogP contribution in [0.1, 0.15) is 49.7 Å². The highest BCUT2D eigenvalue weighted by Crippen LogP contribution is 2.40. The van der Waals surface area contributed by atoms with Gasteiger partial charge in [0.15, 0.2) is 23.2 Å². The van der Waals surface area contributed by atoms with Crippen molar-refractivity contribution in [1.29, 1.82) is 0 Å². The molecule has 7 aromatic rings. The van der Waals surface area contributed by atoms with E-state index in [4.69, 9.17) is 14.8 Å². The van der Waals surface area contributed by atoms with Gasteiger partial charge in [-0.05, 0) is 78.8 Å². The number of aliphatic hydroxyl groups is 1. The summed E-state index contributed by atoms with van der Waals surface area (Å²) in [6.07, 6.45) is 5.76. The van der Waals surface area contributed by atoms with Gasteiger partial charge in [-0.2, -0.15) is 22.0 Å². The first-order valence-electron chi connectivity index (χ1n) is 17.7. The molecule has 3 heterocycles. The number of ether oxygens (including phenoxy) is 1. The van der Waals surface area contributed by atoms with Crippen molar-refractivity contribution < 1.29 is 27.0 Å². The highest BCUT2D eigenvalue weighted by molar-refractivity contribution is 9.10. The van der Waals surface area contributed by atoms with E-state index in [0.717, 1.165) is 37.1 Å². The van der Waals surface area contributed by atoms with Crippen molar-refractivity contribution >= 4 is 48.6 Å².